The molecule has 0 aromatic heterocycles. The Labute approximate surface area is 96.6 Å². The van der Waals surface area contributed by atoms with E-state index in [0.29, 0.717) is 24.4 Å². The maximum absolute atomic E-state index is 12.1. The Morgan fingerprint density at radius 3 is 2.38 bits per heavy atom. The molecule has 0 aliphatic carbocycles. The van der Waals surface area contributed by atoms with Gasteiger partial charge >= 0.3 is 0 Å². The van der Waals surface area contributed by atoms with Crippen LogP contribution in [-0.4, -0.2) is 23.2 Å². The van der Waals surface area contributed by atoms with E-state index in [1.807, 2.05) is 32.0 Å². The number of carbonyl (C=O) groups is 1. The summed E-state index contributed by atoms with van der Waals surface area (Å²) in [6, 6.07) is 9.12. The molecule has 0 radical (unpaired) electrons. The maximum atomic E-state index is 12.1. The fourth-order valence-electron chi connectivity index (χ4n) is 1.57. The highest BCUT2D eigenvalue weighted by Gasteiger charge is 2.16. The summed E-state index contributed by atoms with van der Waals surface area (Å²) < 4.78 is 0. The highest BCUT2D eigenvalue weighted by molar-refractivity contribution is 6.05. The first kappa shape index (κ1) is 12.4. The van der Waals surface area contributed by atoms with Crippen LogP contribution in [0.1, 0.15) is 37.0 Å². The van der Waals surface area contributed by atoms with E-state index in [2.05, 4.69) is 0 Å². The lowest BCUT2D eigenvalue weighted by atomic mass is 10.2. The molecule has 3 nitrogen and oxygen atoms in total. The van der Waals surface area contributed by atoms with Gasteiger partial charge in [-0.3, -0.25) is 15.1 Å². The number of amidine groups is 1. The van der Waals surface area contributed by atoms with E-state index >= 15 is 0 Å². The lowest BCUT2D eigenvalue weighted by Gasteiger charge is -2.21. The maximum Gasteiger partial charge on any atom is 0.259 e. The number of rotatable bonds is 4. The van der Waals surface area contributed by atoms with Gasteiger partial charge in [-0.1, -0.05) is 25.1 Å². The van der Waals surface area contributed by atoms with E-state index in [1.165, 1.54) is 4.90 Å². The van der Waals surface area contributed by atoms with Gasteiger partial charge in [0.25, 0.3) is 5.91 Å². The van der Waals surface area contributed by atoms with Crippen molar-refractivity contribution in [3.05, 3.63) is 35.9 Å². The summed E-state index contributed by atoms with van der Waals surface area (Å²) in [5.41, 5.74) is 0.644. The summed E-state index contributed by atoms with van der Waals surface area (Å²) in [6.07, 6.45) is 1.53. The monoisotopic (exact) mass is 218 g/mol. The summed E-state index contributed by atoms with van der Waals surface area (Å²) in [5.74, 6) is 0.320. The fraction of sp³-hybridized carbons (Fsp3) is 0.385. The standard InChI is InChI=1S/C13H18N2O/c1-3-8-12(14)15(4-2)13(16)11-9-6-5-7-10-11/h5-7,9-10,14H,3-4,8H2,1-2H3. The molecule has 0 bridgehead atoms. The number of nitrogens with zero attached hydrogens (tertiary/aromatic N) is 1. The first-order valence-electron chi connectivity index (χ1n) is 5.65. The number of carbonyl (C=O) groups excluding carboxylic acids is 1. The second-order valence-corrected chi connectivity index (χ2v) is 3.61. The van der Waals surface area contributed by atoms with Gasteiger partial charge in [-0.15, -0.1) is 0 Å². The van der Waals surface area contributed by atoms with Crippen LogP contribution < -0.4 is 0 Å². The molecule has 16 heavy (non-hydrogen) atoms. The molecule has 1 aromatic carbocycles. The van der Waals surface area contributed by atoms with Crippen LogP contribution >= 0.6 is 0 Å². The van der Waals surface area contributed by atoms with Crippen molar-refractivity contribution in [2.75, 3.05) is 6.54 Å². The zero-order valence-electron chi connectivity index (χ0n) is 9.86. The number of amides is 1. The Morgan fingerprint density at radius 2 is 1.88 bits per heavy atom. The Balaban J connectivity index is 2.82. The van der Waals surface area contributed by atoms with Crippen LogP contribution in [0.3, 0.4) is 0 Å². The Bertz CT molecular complexity index is 359. The first-order chi connectivity index (χ1) is 7.70. The van der Waals surface area contributed by atoms with E-state index < -0.39 is 0 Å². The Hall–Kier alpha value is -1.64. The van der Waals surface area contributed by atoms with Crippen molar-refractivity contribution in [1.82, 2.24) is 4.90 Å². The summed E-state index contributed by atoms with van der Waals surface area (Å²) >= 11 is 0. The Kier molecular flexibility index (Phi) is 4.70. The molecule has 86 valence electrons. The summed E-state index contributed by atoms with van der Waals surface area (Å²) in [5, 5.41) is 7.83. The van der Waals surface area contributed by atoms with Gasteiger partial charge in [0.05, 0.1) is 0 Å². The Morgan fingerprint density at radius 1 is 1.25 bits per heavy atom. The third-order valence-electron chi connectivity index (χ3n) is 2.39. The lowest BCUT2D eigenvalue weighted by molar-refractivity contribution is 0.0849. The zero-order valence-corrected chi connectivity index (χ0v) is 9.86. The zero-order chi connectivity index (χ0) is 12.0. The normalized spacial score (nSPS) is 9.88. The van der Waals surface area contributed by atoms with Gasteiger partial charge in [-0.25, -0.2) is 0 Å². The molecule has 1 rings (SSSR count). The second-order valence-electron chi connectivity index (χ2n) is 3.61. The van der Waals surface area contributed by atoms with Gasteiger partial charge in [-0.2, -0.15) is 0 Å². The van der Waals surface area contributed by atoms with Gasteiger partial charge < -0.3 is 0 Å². The van der Waals surface area contributed by atoms with Gasteiger partial charge in [0.15, 0.2) is 0 Å². The molecule has 1 aromatic rings. The molecule has 0 aliphatic heterocycles. The van der Waals surface area contributed by atoms with Crippen LogP contribution in [0.5, 0.6) is 0 Å². The van der Waals surface area contributed by atoms with E-state index in [-0.39, 0.29) is 5.91 Å². The molecule has 0 spiro atoms. The van der Waals surface area contributed by atoms with Gasteiger partial charge in [-0.05, 0) is 25.5 Å². The van der Waals surface area contributed by atoms with Crippen molar-refractivity contribution in [3.63, 3.8) is 0 Å². The molecule has 0 fully saturated rings. The van der Waals surface area contributed by atoms with E-state index in [4.69, 9.17) is 5.41 Å². The highest BCUT2D eigenvalue weighted by Crippen LogP contribution is 2.07. The van der Waals surface area contributed by atoms with Gasteiger partial charge in [0.1, 0.15) is 5.84 Å². The molecule has 0 heterocycles. The van der Waals surface area contributed by atoms with Crippen molar-refractivity contribution >= 4 is 11.7 Å². The van der Waals surface area contributed by atoms with Crippen molar-refractivity contribution in [2.24, 2.45) is 0 Å². The summed E-state index contributed by atoms with van der Waals surface area (Å²) in [4.78, 5) is 13.6. The molecule has 0 atom stereocenters. The number of benzene rings is 1. The first-order valence-corrected chi connectivity index (χ1v) is 5.65. The van der Waals surface area contributed by atoms with Crippen LogP contribution in [0.25, 0.3) is 0 Å². The minimum absolute atomic E-state index is 0.0819. The third kappa shape index (κ3) is 2.92. The van der Waals surface area contributed by atoms with Gasteiger partial charge in [0, 0.05) is 18.5 Å². The summed E-state index contributed by atoms with van der Waals surface area (Å²) in [7, 11) is 0. The molecular weight excluding hydrogens is 200 g/mol. The fourth-order valence-corrected chi connectivity index (χ4v) is 1.57. The third-order valence-corrected chi connectivity index (χ3v) is 2.39. The second kappa shape index (κ2) is 6.05. The van der Waals surface area contributed by atoms with E-state index in [9.17, 15) is 4.79 Å². The molecule has 0 saturated carbocycles. The van der Waals surface area contributed by atoms with Crippen molar-refractivity contribution in [3.8, 4) is 0 Å². The average molecular weight is 218 g/mol. The van der Waals surface area contributed by atoms with Crippen molar-refractivity contribution in [2.45, 2.75) is 26.7 Å². The number of nitrogens with one attached hydrogen (secondary N) is 1. The van der Waals surface area contributed by atoms with Crippen LogP contribution in [-0.2, 0) is 0 Å². The average Bonchev–Trinajstić information content (AvgIpc) is 2.31. The molecule has 0 unspecified atom stereocenters. The molecule has 1 N–H and O–H groups in total. The largest absolute Gasteiger partial charge is 0.297 e. The summed E-state index contributed by atoms with van der Waals surface area (Å²) in [6.45, 7) is 4.45. The smallest absolute Gasteiger partial charge is 0.259 e. The van der Waals surface area contributed by atoms with E-state index in [1.54, 1.807) is 12.1 Å². The topological polar surface area (TPSA) is 44.2 Å². The molecule has 0 aliphatic rings. The number of hydrogen-bond donors (Lipinski definition) is 1. The van der Waals surface area contributed by atoms with Crippen LogP contribution in [0, 0.1) is 5.41 Å². The minimum atomic E-state index is -0.0819. The molecular formula is C13H18N2O. The number of hydrogen-bond acceptors (Lipinski definition) is 2. The van der Waals surface area contributed by atoms with Crippen LogP contribution in [0.2, 0.25) is 0 Å². The quantitative estimate of drug-likeness (QED) is 0.613. The van der Waals surface area contributed by atoms with E-state index in [0.717, 1.165) is 6.42 Å². The van der Waals surface area contributed by atoms with Gasteiger partial charge in [0.2, 0.25) is 0 Å². The highest BCUT2D eigenvalue weighted by atomic mass is 16.2. The molecule has 3 heteroatoms. The SMILES string of the molecule is CCCC(=N)N(CC)C(=O)c1ccccc1. The molecule has 1 amide bonds. The predicted octanol–water partition coefficient (Wildman–Crippen LogP) is 2.93. The predicted molar refractivity (Wildman–Crippen MR) is 65.8 cm³/mol. The van der Waals surface area contributed by atoms with Crippen molar-refractivity contribution in [1.29, 1.82) is 5.41 Å². The minimum Gasteiger partial charge on any atom is -0.297 e. The van der Waals surface area contributed by atoms with Crippen LogP contribution in [0.4, 0.5) is 0 Å². The lowest BCUT2D eigenvalue weighted by Crippen LogP contribution is -2.36. The molecule has 0 saturated heterocycles. The van der Waals surface area contributed by atoms with Crippen molar-refractivity contribution < 1.29 is 4.79 Å². The van der Waals surface area contributed by atoms with Crippen LogP contribution in [0.15, 0.2) is 30.3 Å².